The highest BCUT2D eigenvalue weighted by molar-refractivity contribution is 6.18. The number of furan rings is 1. The van der Waals surface area contributed by atoms with Gasteiger partial charge < -0.3 is 9.15 Å². The van der Waals surface area contributed by atoms with Gasteiger partial charge in [0.05, 0.1) is 0 Å². The van der Waals surface area contributed by atoms with Gasteiger partial charge in [-0.25, -0.2) is 15.0 Å². The largest absolute Gasteiger partial charge is 0.484 e. The summed E-state index contributed by atoms with van der Waals surface area (Å²) in [4.78, 5) is 15.5. The highest BCUT2D eigenvalue weighted by Crippen LogP contribution is 2.49. The van der Waals surface area contributed by atoms with Crippen LogP contribution in [0, 0.1) is 0 Å². The molecule has 0 fully saturated rings. The Balaban J connectivity index is 1.12. The predicted octanol–water partition coefficient (Wildman–Crippen LogP) is 12.2. The van der Waals surface area contributed by atoms with Crippen molar-refractivity contribution in [1.82, 2.24) is 15.0 Å². The molecule has 0 spiro atoms. The first-order valence-electron chi connectivity index (χ1n) is 18.3. The molecule has 9 aromatic rings. The van der Waals surface area contributed by atoms with Crippen molar-refractivity contribution in [2.24, 2.45) is 0 Å². The fourth-order valence-corrected chi connectivity index (χ4v) is 8.08. The van der Waals surface area contributed by atoms with Gasteiger partial charge in [0.15, 0.2) is 17.5 Å². The van der Waals surface area contributed by atoms with Gasteiger partial charge in [0.2, 0.25) is 0 Å². The zero-order chi connectivity index (χ0) is 35.6. The average molecular weight is 694 g/mol. The number of hydrogen-bond acceptors (Lipinski definition) is 5. The van der Waals surface area contributed by atoms with Gasteiger partial charge in [-0.05, 0) is 51.7 Å². The van der Waals surface area contributed by atoms with E-state index >= 15 is 0 Å². The van der Waals surface area contributed by atoms with Gasteiger partial charge in [-0.2, -0.15) is 0 Å². The minimum atomic E-state index is -0.0130. The van der Waals surface area contributed by atoms with Crippen LogP contribution in [0.1, 0.15) is 11.5 Å². The highest BCUT2D eigenvalue weighted by atomic mass is 16.5. The molecule has 3 heterocycles. The summed E-state index contributed by atoms with van der Waals surface area (Å²) in [5, 5.41) is 4.25. The molecule has 11 rings (SSSR count). The second kappa shape index (κ2) is 12.2. The fraction of sp³-hybridized carbons (Fsp3) is 0.0408. The molecule has 254 valence electrons. The van der Waals surface area contributed by atoms with Crippen molar-refractivity contribution in [3.63, 3.8) is 0 Å². The van der Waals surface area contributed by atoms with E-state index in [1.807, 2.05) is 24.3 Å². The number of benzene rings is 7. The summed E-state index contributed by atoms with van der Waals surface area (Å²) >= 11 is 0. The Morgan fingerprint density at radius 1 is 0.426 bits per heavy atom. The first-order valence-corrected chi connectivity index (χ1v) is 18.3. The molecular formula is C49H31N3O2. The van der Waals surface area contributed by atoms with E-state index in [9.17, 15) is 0 Å². The molecule has 5 nitrogen and oxygen atoms in total. The molecular weight excluding hydrogens is 663 g/mol. The molecule has 1 aliphatic heterocycles. The van der Waals surface area contributed by atoms with Gasteiger partial charge in [-0.3, -0.25) is 0 Å². The van der Waals surface area contributed by atoms with Crippen LogP contribution < -0.4 is 4.74 Å². The summed E-state index contributed by atoms with van der Waals surface area (Å²) in [5.74, 6) is 2.90. The molecule has 2 unspecified atom stereocenters. The van der Waals surface area contributed by atoms with E-state index in [-0.39, 0.29) is 12.0 Å². The number of ether oxygens (including phenoxy) is 1. The smallest absolute Gasteiger partial charge is 0.164 e. The number of allylic oxidation sites excluding steroid dienone is 2. The van der Waals surface area contributed by atoms with E-state index in [4.69, 9.17) is 24.1 Å². The molecule has 1 aliphatic carbocycles. The summed E-state index contributed by atoms with van der Waals surface area (Å²) in [6.07, 6.45) is 8.53. The van der Waals surface area contributed by atoms with Crippen LogP contribution in [-0.4, -0.2) is 21.1 Å². The Morgan fingerprint density at radius 3 is 1.87 bits per heavy atom. The van der Waals surface area contributed by atoms with E-state index in [1.54, 1.807) is 0 Å². The number of hydrogen-bond donors (Lipinski definition) is 0. The first-order chi connectivity index (χ1) is 26.7. The summed E-state index contributed by atoms with van der Waals surface area (Å²) in [6.45, 7) is 0. The molecule has 7 aromatic carbocycles. The average Bonchev–Trinajstić information content (AvgIpc) is 3.83. The topological polar surface area (TPSA) is 61.0 Å². The van der Waals surface area contributed by atoms with E-state index in [2.05, 4.69) is 152 Å². The van der Waals surface area contributed by atoms with Crippen LogP contribution in [0.3, 0.4) is 0 Å². The standard InChI is InChI=1S/C49H31N3O2/c1-2-11-30(12-3-1)32-23-26-33(27-24-32)47-50-48(35-28-25-31-13-4-5-14-34(31)29-35)52-49(51-47)40-19-10-22-43-45(40)44-37(16-9-21-42(44)53-43)39-18-8-17-38-36-15-6-7-20-41(36)54-46(38)39/h1-29,36,41H. The lowest BCUT2D eigenvalue weighted by atomic mass is 9.89. The van der Waals surface area contributed by atoms with Crippen LogP contribution in [0.2, 0.25) is 0 Å². The van der Waals surface area contributed by atoms with Crippen molar-refractivity contribution in [3.8, 4) is 62.2 Å². The van der Waals surface area contributed by atoms with Gasteiger partial charge >= 0.3 is 0 Å². The minimum absolute atomic E-state index is 0.0130. The number of para-hydroxylation sites is 1. The maximum absolute atomic E-state index is 6.64. The lowest BCUT2D eigenvalue weighted by Crippen LogP contribution is -2.15. The summed E-state index contributed by atoms with van der Waals surface area (Å²) in [6, 6.07) is 52.4. The van der Waals surface area contributed by atoms with Crippen LogP contribution in [0.4, 0.5) is 0 Å². The minimum Gasteiger partial charge on any atom is -0.484 e. The van der Waals surface area contributed by atoms with Crippen LogP contribution in [-0.2, 0) is 0 Å². The third kappa shape index (κ3) is 4.97. The molecule has 0 saturated heterocycles. The molecule has 54 heavy (non-hydrogen) atoms. The second-order valence-corrected chi connectivity index (χ2v) is 13.9. The van der Waals surface area contributed by atoms with Gasteiger partial charge in [0, 0.05) is 44.5 Å². The lowest BCUT2D eigenvalue weighted by molar-refractivity contribution is 0.270. The molecule has 2 aliphatic rings. The Hall–Kier alpha value is -7.11. The maximum atomic E-state index is 6.64. The van der Waals surface area contributed by atoms with Crippen molar-refractivity contribution in [3.05, 3.63) is 182 Å². The normalized spacial score (nSPS) is 15.8. The van der Waals surface area contributed by atoms with E-state index in [0.717, 1.165) is 77.4 Å². The van der Waals surface area contributed by atoms with E-state index in [0.29, 0.717) is 17.5 Å². The Bertz CT molecular complexity index is 2980. The zero-order valence-electron chi connectivity index (χ0n) is 29.1. The van der Waals surface area contributed by atoms with Crippen molar-refractivity contribution >= 4 is 32.7 Å². The Labute approximate surface area is 311 Å². The molecule has 2 aromatic heterocycles. The SMILES string of the molecule is C1=CC2Oc3c(-c4cccc5oc6cccc(-c7nc(-c8ccc(-c9ccccc9)cc8)nc(-c8ccc9ccccc9c8)n7)c6c45)cccc3C2C=C1. The second-order valence-electron chi connectivity index (χ2n) is 13.9. The first kappa shape index (κ1) is 30.5. The molecule has 5 heteroatoms. The van der Waals surface area contributed by atoms with Crippen LogP contribution in [0.15, 0.2) is 180 Å². The number of nitrogens with zero attached hydrogens (tertiary/aromatic N) is 3. The number of aromatic nitrogens is 3. The Kier molecular flexibility index (Phi) is 6.92. The molecule has 0 N–H and O–H groups in total. The summed E-state index contributed by atoms with van der Waals surface area (Å²) < 4.78 is 13.2. The molecule has 0 bridgehead atoms. The van der Waals surface area contributed by atoms with Crippen LogP contribution >= 0.6 is 0 Å². The van der Waals surface area contributed by atoms with Crippen LogP contribution in [0.5, 0.6) is 5.75 Å². The van der Waals surface area contributed by atoms with Crippen molar-refractivity contribution in [2.45, 2.75) is 12.0 Å². The van der Waals surface area contributed by atoms with Gasteiger partial charge in [0.1, 0.15) is 23.0 Å². The molecule has 2 atom stereocenters. The van der Waals surface area contributed by atoms with Crippen molar-refractivity contribution in [1.29, 1.82) is 0 Å². The molecule has 0 saturated carbocycles. The fourth-order valence-electron chi connectivity index (χ4n) is 8.08. The predicted molar refractivity (Wildman–Crippen MR) is 217 cm³/mol. The summed E-state index contributed by atoms with van der Waals surface area (Å²) in [7, 11) is 0. The van der Waals surface area contributed by atoms with Crippen LogP contribution in [0.25, 0.3) is 89.1 Å². The number of fused-ring (bicyclic) bond motifs is 7. The van der Waals surface area contributed by atoms with Gasteiger partial charge in [0.25, 0.3) is 0 Å². The Morgan fingerprint density at radius 2 is 1.04 bits per heavy atom. The van der Waals surface area contributed by atoms with Crippen molar-refractivity contribution in [2.75, 3.05) is 0 Å². The van der Waals surface area contributed by atoms with Crippen molar-refractivity contribution < 1.29 is 9.15 Å². The highest BCUT2D eigenvalue weighted by Gasteiger charge is 2.34. The summed E-state index contributed by atoms with van der Waals surface area (Å²) in [5.41, 5.74) is 9.84. The molecule has 0 amide bonds. The third-order valence-electron chi connectivity index (χ3n) is 10.7. The lowest BCUT2D eigenvalue weighted by Gasteiger charge is -2.14. The van der Waals surface area contributed by atoms with Gasteiger partial charge in [-0.1, -0.05) is 152 Å². The van der Waals surface area contributed by atoms with Gasteiger partial charge in [-0.15, -0.1) is 0 Å². The van der Waals surface area contributed by atoms with E-state index in [1.165, 1.54) is 5.56 Å². The monoisotopic (exact) mass is 693 g/mol. The third-order valence-corrected chi connectivity index (χ3v) is 10.7. The zero-order valence-corrected chi connectivity index (χ0v) is 29.1. The number of rotatable bonds is 5. The quantitative estimate of drug-likeness (QED) is 0.180. The molecule has 0 radical (unpaired) electrons. The maximum Gasteiger partial charge on any atom is 0.164 e. The van der Waals surface area contributed by atoms with E-state index < -0.39 is 0 Å².